The van der Waals surface area contributed by atoms with Crippen LogP contribution in [0, 0.1) is 10.1 Å². The van der Waals surface area contributed by atoms with Crippen LogP contribution in [-0.4, -0.2) is 29.0 Å². The molecule has 1 aromatic rings. The molecule has 6 heteroatoms. The van der Waals surface area contributed by atoms with Crippen molar-refractivity contribution in [2.24, 2.45) is 5.73 Å². The first kappa shape index (κ1) is 13.9. The maximum Gasteiger partial charge on any atom is 0.269 e. The predicted molar refractivity (Wildman–Crippen MR) is 68.2 cm³/mol. The number of nitrogens with zero attached hydrogens (tertiary/aromatic N) is 2. The van der Waals surface area contributed by atoms with Crippen LogP contribution in [0.15, 0.2) is 24.3 Å². The molecule has 94 valence electrons. The van der Waals surface area contributed by atoms with Crippen LogP contribution in [0.1, 0.15) is 12.0 Å². The molecule has 0 radical (unpaired) electrons. The van der Waals surface area contributed by atoms with E-state index in [2.05, 4.69) is 4.90 Å². The van der Waals surface area contributed by atoms with Gasteiger partial charge in [0.05, 0.1) is 4.92 Å². The summed E-state index contributed by atoms with van der Waals surface area (Å²) in [6.45, 7) is 2.60. The Balaban J connectivity index is 0.00000144. The Morgan fingerprint density at radius 3 is 2.88 bits per heavy atom. The monoisotopic (exact) mass is 257 g/mol. The maximum absolute atomic E-state index is 10.6. The van der Waals surface area contributed by atoms with Crippen LogP contribution in [0.4, 0.5) is 5.69 Å². The molecule has 0 spiro atoms. The van der Waals surface area contributed by atoms with Crippen molar-refractivity contribution >= 4 is 18.1 Å². The molecule has 1 saturated heterocycles. The van der Waals surface area contributed by atoms with Crippen LogP contribution in [0.2, 0.25) is 0 Å². The van der Waals surface area contributed by atoms with Crippen molar-refractivity contribution in [1.82, 2.24) is 4.90 Å². The predicted octanol–water partition coefficient (Wildman–Crippen LogP) is 1.55. The Morgan fingerprint density at radius 1 is 1.53 bits per heavy atom. The highest BCUT2D eigenvalue weighted by molar-refractivity contribution is 5.85. The van der Waals surface area contributed by atoms with Crippen molar-refractivity contribution in [3.8, 4) is 0 Å². The van der Waals surface area contributed by atoms with E-state index in [1.165, 1.54) is 6.07 Å². The van der Waals surface area contributed by atoms with E-state index in [1.54, 1.807) is 12.1 Å². The second kappa shape index (κ2) is 5.95. The fourth-order valence-electron chi connectivity index (χ4n) is 2.03. The minimum atomic E-state index is -0.362. The van der Waals surface area contributed by atoms with Crippen LogP contribution >= 0.6 is 12.4 Å². The third kappa shape index (κ3) is 3.66. The Kier molecular flexibility index (Phi) is 4.86. The first-order chi connectivity index (χ1) is 7.65. The number of nitro groups is 1. The van der Waals surface area contributed by atoms with E-state index in [-0.39, 0.29) is 29.1 Å². The van der Waals surface area contributed by atoms with E-state index >= 15 is 0 Å². The molecule has 0 bridgehead atoms. The second-order valence-electron chi connectivity index (χ2n) is 4.21. The minimum absolute atomic E-state index is 0. The average molecular weight is 258 g/mol. The van der Waals surface area contributed by atoms with Crippen molar-refractivity contribution in [2.45, 2.75) is 19.0 Å². The number of hydrogen-bond acceptors (Lipinski definition) is 4. The number of hydrogen-bond donors (Lipinski definition) is 1. The van der Waals surface area contributed by atoms with E-state index in [0.29, 0.717) is 0 Å². The van der Waals surface area contributed by atoms with Gasteiger partial charge in [-0.15, -0.1) is 12.4 Å². The van der Waals surface area contributed by atoms with Gasteiger partial charge in [0.15, 0.2) is 0 Å². The Morgan fingerprint density at radius 2 is 2.29 bits per heavy atom. The van der Waals surface area contributed by atoms with Gasteiger partial charge in [-0.25, -0.2) is 0 Å². The van der Waals surface area contributed by atoms with Crippen LogP contribution in [0.3, 0.4) is 0 Å². The normalized spacial score (nSPS) is 19.9. The van der Waals surface area contributed by atoms with Crippen molar-refractivity contribution in [2.75, 3.05) is 13.1 Å². The summed E-state index contributed by atoms with van der Waals surface area (Å²) in [6, 6.07) is 7.03. The van der Waals surface area contributed by atoms with Crippen molar-refractivity contribution < 1.29 is 4.92 Å². The van der Waals surface area contributed by atoms with Gasteiger partial charge in [0, 0.05) is 37.8 Å². The highest BCUT2D eigenvalue weighted by Crippen LogP contribution is 2.17. The molecule has 0 unspecified atom stereocenters. The molecule has 0 aliphatic carbocycles. The highest BCUT2D eigenvalue weighted by Gasteiger charge is 2.19. The number of nitrogens with two attached hydrogens (primary N) is 1. The molecule has 5 nitrogen and oxygen atoms in total. The van der Waals surface area contributed by atoms with Crippen LogP contribution < -0.4 is 5.73 Å². The Bertz CT molecular complexity index is 400. The van der Waals surface area contributed by atoms with Crippen LogP contribution in [0.25, 0.3) is 0 Å². The Labute approximate surface area is 106 Å². The molecule has 2 N–H and O–H groups in total. The maximum atomic E-state index is 10.6. The van der Waals surface area contributed by atoms with Crippen molar-refractivity contribution in [3.63, 3.8) is 0 Å². The van der Waals surface area contributed by atoms with Gasteiger partial charge in [-0.05, 0) is 12.0 Å². The fraction of sp³-hybridized carbons (Fsp3) is 0.455. The summed E-state index contributed by atoms with van der Waals surface area (Å²) in [5.74, 6) is 0. The molecule has 1 fully saturated rings. The zero-order chi connectivity index (χ0) is 11.5. The van der Waals surface area contributed by atoms with Gasteiger partial charge >= 0.3 is 0 Å². The largest absolute Gasteiger partial charge is 0.326 e. The molecule has 1 heterocycles. The standard InChI is InChI=1S/C11H15N3O2.ClH/c12-10-4-5-13(8-10)7-9-2-1-3-11(6-9)14(15)16;/h1-3,6,10H,4-5,7-8,12H2;1H/t10-;/m0./s1. The summed E-state index contributed by atoms with van der Waals surface area (Å²) in [5, 5.41) is 10.6. The molecule has 1 aromatic carbocycles. The zero-order valence-electron chi connectivity index (χ0n) is 9.41. The summed E-state index contributed by atoms with van der Waals surface area (Å²) in [4.78, 5) is 12.5. The number of likely N-dealkylation sites (tertiary alicyclic amines) is 1. The molecule has 1 atom stereocenters. The van der Waals surface area contributed by atoms with E-state index in [4.69, 9.17) is 5.73 Å². The van der Waals surface area contributed by atoms with E-state index in [0.717, 1.165) is 31.6 Å². The minimum Gasteiger partial charge on any atom is -0.326 e. The van der Waals surface area contributed by atoms with Crippen molar-refractivity contribution in [3.05, 3.63) is 39.9 Å². The van der Waals surface area contributed by atoms with E-state index in [1.807, 2.05) is 6.07 Å². The van der Waals surface area contributed by atoms with Gasteiger partial charge in [0.25, 0.3) is 5.69 Å². The third-order valence-corrected chi connectivity index (χ3v) is 2.84. The first-order valence-electron chi connectivity index (χ1n) is 5.36. The van der Waals surface area contributed by atoms with Gasteiger partial charge in [-0.1, -0.05) is 12.1 Å². The second-order valence-corrected chi connectivity index (χ2v) is 4.21. The molecular weight excluding hydrogens is 242 g/mol. The SMILES string of the molecule is Cl.N[C@H]1CCN(Cc2cccc([N+](=O)[O-])c2)C1. The highest BCUT2D eigenvalue weighted by atomic mass is 35.5. The topological polar surface area (TPSA) is 72.4 Å². The van der Waals surface area contributed by atoms with Crippen LogP contribution in [0.5, 0.6) is 0 Å². The zero-order valence-corrected chi connectivity index (χ0v) is 10.2. The lowest BCUT2D eigenvalue weighted by Crippen LogP contribution is -2.26. The van der Waals surface area contributed by atoms with Crippen LogP contribution in [-0.2, 0) is 6.54 Å². The quantitative estimate of drug-likeness (QED) is 0.659. The fourth-order valence-corrected chi connectivity index (χ4v) is 2.03. The third-order valence-electron chi connectivity index (χ3n) is 2.84. The molecular formula is C11H16ClN3O2. The lowest BCUT2D eigenvalue weighted by Gasteiger charge is -2.14. The number of halogens is 1. The summed E-state index contributed by atoms with van der Waals surface area (Å²) in [6.07, 6.45) is 1.01. The molecule has 0 amide bonds. The molecule has 17 heavy (non-hydrogen) atoms. The molecule has 0 aromatic heterocycles. The summed E-state index contributed by atoms with van der Waals surface area (Å²) in [5.41, 5.74) is 6.94. The van der Waals surface area contributed by atoms with Gasteiger partial charge < -0.3 is 5.73 Å². The van der Waals surface area contributed by atoms with Gasteiger partial charge in [-0.3, -0.25) is 15.0 Å². The van der Waals surface area contributed by atoms with Gasteiger partial charge in [-0.2, -0.15) is 0 Å². The Hall–Kier alpha value is -1.17. The lowest BCUT2D eigenvalue weighted by atomic mass is 10.2. The number of rotatable bonds is 3. The average Bonchev–Trinajstić information content (AvgIpc) is 2.64. The molecule has 1 aliphatic rings. The van der Waals surface area contributed by atoms with Gasteiger partial charge in [0.2, 0.25) is 0 Å². The van der Waals surface area contributed by atoms with E-state index in [9.17, 15) is 10.1 Å². The summed E-state index contributed by atoms with van der Waals surface area (Å²) >= 11 is 0. The number of non-ortho nitro benzene ring substituents is 1. The number of benzene rings is 1. The molecule has 2 rings (SSSR count). The van der Waals surface area contributed by atoms with Gasteiger partial charge in [0.1, 0.15) is 0 Å². The number of nitro benzene ring substituents is 1. The smallest absolute Gasteiger partial charge is 0.269 e. The lowest BCUT2D eigenvalue weighted by molar-refractivity contribution is -0.384. The first-order valence-corrected chi connectivity index (χ1v) is 5.36. The molecule has 1 aliphatic heterocycles. The molecule has 0 saturated carbocycles. The summed E-state index contributed by atoms with van der Waals surface area (Å²) in [7, 11) is 0. The van der Waals surface area contributed by atoms with Crippen molar-refractivity contribution in [1.29, 1.82) is 0 Å². The summed E-state index contributed by atoms with van der Waals surface area (Å²) < 4.78 is 0. The van der Waals surface area contributed by atoms with E-state index < -0.39 is 0 Å².